The quantitative estimate of drug-likeness (QED) is 0.690. The van der Waals surface area contributed by atoms with Crippen LogP contribution in [0.15, 0.2) is 42.6 Å². The van der Waals surface area contributed by atoms with Crippen molar-refractivity contribution < 1.29 is 4.74 Å². The van der Waals surface area contributed by atoms with E-state index in [-0.39, 0.29) is 12.1 Å². The van der Waals surface area contributed by atoms with Crippen LogP contribution in [-0.4, -0.2) is 11.1 Å². The van der Waals surface area contributed by atoms with Gasteiger partial charge in [0.05, 0.1) is 16.5 Å². The molecule has 1 heterocycles. The lowest BCUT2D eigenvalue weighted by molar-refractivity contribution is 0.242. The fourth-order valence-electron chi connectivity index (χ4n) is 3.56. The van der Waals surface area contributed by atoms with Crippen molar-refractivity contribution in [2.75, 3.05) is 0 Å². The number of nitrogens with zero attached hydrogens (tertiary/aromatic N) is 2. The van der Waals surface area contributed by atoms with Gasteiger partial charge in [0.1, 0.15) is 16.8 Å². The second-order valence-electron chi connectivity index (χ2n) is 7.04. The zero-order chi connectivity index (χ0) is 19.0. The lowest BCUT2D eigenvalue weighted by atomic mass is 10.0. The SMILES string of the molecule is CC(C)Oc1ccc(-c2ncc(-c3cccc4c3CC[C@H]4N)s2)cc1C#N. The Hall–Kier alpha value is -2.68. The number of hydrogen-bond donors (Lipinski definition) is 1. The van der Waals surface area contributed by atoms with Crippen LogP contribution >= 0.6 is 11.3 Å². The Morgan fingerprint density at radius 3 is 2.93 bits per heavy atom. The molecule has 0 fully saturated rings. The average Bonchev–Trinajstić information content (AvgIpc) is 3.29. The van der Waals surface area contributed by atoms with Crippen molar-refractivity contribution in [1.82, 2.24) is 4.98 Å². The van der Waals surface area contributed by atoms with Gasteiger partial charge in [-0.25, -0.2) is 4.98 Å². The molecule has 1 aliphatic carbocycles. The number of nitrogens with two attached hydrogens (primary N) is 1. The summed E-state index contributed by atoms with van der Waals surface area (Å²) in [6, 6.07) is 14.4. The Bertz CT molecular complexity index is 1030. The Kier molecular flexibility index (Phi) is 4.69. The summed E-state index contributed by atoms with van der Waals surface area (Å²) in [5.41, 5.74) is 11.5. The summed E-state index contributed by atoms with van der Waals surface area (Å²) in [7, 11) is 0. The molecule has 5 heteroatoms. The smallest absolute Gasteiger partial charge is 0.137 e. The first-order chi connectivity index (χ1) is 13.1. The lowest BCUT2D eigenvalue weighted by Gasteiger charge is -2.11. The molecule has 0 amide bonds. The first kappa shape index (κ1) is 17.7. The standard InChI is InChI=1S/C22H21N3OS/c1-13(2)26-20-9-6-14(10-15(20)11-23)22-25-12-21(27-22)18-5-3-4-17-16(18)7-8-19(17)24/h3-6,9-10,12-13,19H,7-8,24H2,1-2H3/t19-/m1/s1. The highest BCUT2D eigenvalue weighted by Crippen LogP contribution is 2.40. The molecule has 0 bridgehead atoms. The van der Waals surface area contributed by atoms with Crippen LogP contribution in [-0.2, 0) is 6.42 Å². The molecular formula is C22H21N3OS. The zero-order valence-corrected chi connectivity index (χ0v) is 16.2. The summed E-state index contributed by atoms with van der Waals surface area (Å²) in [5.74, 6) is 0.614. The van der Waals surface area contributed by atoms with Crippen LogP contribution in [0.25, 0.3) is 21.0 Å². The van der Waals surface area contributed by atoms with Gasteiger partial charge in [0, 0.05) is 17.8 Å². The van der Waals surface area contributed by atoms with Gasteiger partial charge in [0.2, 0.25) is 0 Å². The molecule has 27 heavy (non-hydrogen) atoms. The van der Waals surface area contributed by atoms with Gasteiger partial charge in [-0.05, 0) is 61.6 Å². The van der Waals surface area contributed by atoms with Gasteiger partial charge in [-0.2, -0.15) is 5.26 Å². The number of thiazole rings is 1. The molecule has 0 saturated carbocycles. The summed E-state index contributed by atoms with van der Waals surface area (Å²) in [6.07, 6.45) is 3.96. The van der Waals surface area contributed by atoms with Crippen molar-refractivity contribution >= 4 is 11.3 Å². The third kappa shape index (κ3) is 3.34. The van der Waals surface area contributed by atoms with Gasteiger partial charge in [-0.3, -0.25) is 0 Å². The normalized spacial score (nSPS) is 15.6. The molecule has 2 N–H and O–H groups in total. The van der Waals surface area contributed by atoms with Crippen molar-refractivity contribution in [3.05, 3.63) is 59.3 Å². The highest BCUT2D eigenvalue weighted by Gasteiger charge is 2.22. The van der Waals surface area contributed by atoms with E-state index in [2.05, 4.69) is 29.3 Å². The Balaban J connectivity index is 1.69. The average molecular weight is 375 g/mol. The molecule has 4 nitrogen and oxygen atoms in total. The second-order valence-corrected chi connectivity index (χ2v) is 8.07. The molecule has 1 aliphatic rings. The Labute approximate surface area is 163 Å². The number of rotatable bonds is 4. The summed E-state index contributed by atoms with van der Waals surface area (Å²) in [6.45, 7) is 3.90. The highest BCUT2D eigenvalue weighted by molar-refractivity contribution is 7.18. The van der Waals surface area contributed by atoms with Gasteiger partial charge < -0.3 is 10.5 Å². The van der Waals surface area contributed by atoms with Crippen molar-refractivity contribution in [3.8, 4) is 32.8 Å². The van der Waals surface area contributed by atoms with E-state index in [4.69, 9.17) is 10.5 Å². The van der Waals surface area contributed by atoms with Crippen molar-refractivity contribution in [2.24, 2.45) is 5.73 Å². The summed E-state index contributed by atoms with van der Waals surface area (Å²) in [5, 5.41) is 10.4. The van der Waals surface area contributed by atoms with Crippen molar-refractivity contribution in [1.29, 1.82) is 5.26 Å². The van der Waals surface area contributed by atoms with E-state index in [1.165, 1.54) is 16.7 Å². The summed E-state index contributed by atoms with van der Waals surface area (Å²) in [4.78, 5) is 5.75. The first-order valence-corrected chi connectivity index (χ1v) is 9.93. The van der Waals surface area contributed by atoms with Crippen LogP contribution in [0.2, 0.25) is 0 Å². The van der Waals surface area contributed by atoms with E-state index < -0.39 is 0 Å². The molecule has 1 aromatic heterocycles. The van der Waals surface area contributed by atoms with Gasteiger partial charge in [-0.15, -0.1) is 11.3 Å². The third-order valence-electron chi connectivity index (χ3n) is 4.80. The topological polar surface area (TPSA) is 71.9 Å². The maximum absolute atomic E-state index is 9.46. The van der Waals surface area contributed by atoms with Gasteiger partial charge in [0.15, 0.2) is 0 Å². The third-order valence-corrected chi connectivity index (χ3v) is 5.88. The molecule has 0 saturated heterocycles. The largest absolute Gasteiger partial charge is 0.490 e. The number of ether oxygens (including phenoxy) is 1. The second kappa shape index (κ2) is 7.15. The van der Waals surface area contributed by atoms with Crippen molar-refractivity contribution in [3.63, 3.8) is 0 Å². The summed E-state index contributed by atoms with van der Waals surface area (Å²) >= 11 is 1.64. The Morgan fingerprint density at radius 1 is 1.30 bits per heavy atom. The van der Waals surface area contributed by atoms with E-state index in [0.29, 0.717) is 11.3 Å². The fraction of sp³-hybridized carbons (Fsp3) is 0.273. The number of fused-ring (bicyclic) bond motifs is 1. The molecule has 136 valence electrons. The molecule has 1 atom stereocenters. The fourth-order valence-corrected chi connectivity index (χ4v) is 4.52. The van der Waals surface area contributed by atoms with Crippen LogP contribution in [0.5, 0.6) is 5.75 Å². The zero-order valence-electron chi connectivity index (χ0n) is 15.4. The molecule has 3 aromatic rings. The molecular weight excluding hydrogens is 354 g/mol. The lowest BCUT2D eigenvalue weighted by Crippen LogP contribution is -2.06. The summed E-state index contributed by atoms with van der Waals surface area (Å²) < 4.78 is 5.71. The Morgan fingerprint density at radius 2 is 2.15 bits per heavy atom. The van der Waals surface area contributed by atoms with Crippen LogP contribution in [0.3, 0.4) is 0 Å². The number of hydrogen-bond acceptors (Lipinski definition) is 5. The van der Waals surface area contributed by atoms with E-state index in [1.54, 1.807) is 11.3 Å². The molecule has 2 aromatic carbocycles. The van der Waals surface area contributed by atoms with Crippen LogP contribution < -0.4 is 10.5 Å². The maximum atomic E-state index is 9.46. The van der Waals surface area contributed by atoms with E-state index >= 15 is 0 Å². The van der Waals surface area contributed by atoms with Gasteiger partial charge in [-0.1, -0.05) is 18.2 Å². The monoisotopic (exact) mass is 375 g/mol. The first-order valence-electron chi connectivity index (χ1n) is 9.11. The van der Waals surface area contributed by atoms with Gasteiger partial charge in [0.25, 0.3) is 0 Å². The van der Waals surface area contributed by atoms with Crippen LogP contribution in [0, 0.1) is 11.3 Å². The van der Waals surface area contributed by atoms with E-state index in [0.717, 1.165) is 28.3 Å². The maximum Gasteiger partial charge on any atom is 0.137 e. The van der Waals surface area contributed by atoms with Crippen molar-refractivity contribution in [2.45, 2.75) is 38.8 Å². The molecule has 0 spiro atoms. The van der Waals surface area contributed by atoms with Gasteiger partial charge >= 0.3 is 0 Å². The number of aromatic nitrogens is 1. The highest BCUT2D eigenvalue weighted by atomic mass is 32.1. The molecule has 4 rings (SSSR count). The molecule has 0 aliphatic heterocycles. The minimum atomic E-state index is 0.0287. The number of benzene rings is 2. The predicted octanol–water partition coefficient (Wildman–Crippen LogP) is 5.08. The minimum Gasteiger partial charge on any atom is -0.490 e. The molecule has 0 radical (unpaired) electrons. The minimum absolute atomic E-state index is 0.0287. The number of nitriles is 1. The van der Waals surface area contributed by atoms with E-state index in [1.807, 2.05) is 38.2 Å². The molecule has 0 unspecified atom stereocenters. The van der Waals surface area contributed by atoms with Crippen LogP contribution in [0.1, 0.15) is 43.0 Å². The van der Waals surface area contributed by atoms with E-state index in [9.17, 15) is 5.26 Å². The predicted molar refractivity (Wildman–Crippen MR) is 109 cm³/mol. The van der Waals surface area contributed by atoms with Crippen LogP contribution in [0.4, 0.5) is 0 Å².